The van der Waals surface area contributed by atoms with Crippen LogP contribution in [0.3, 0.4) is 0 Å². The molecule has 1 saturated heterocycles. The number of carbonyl (C=O) groups is 1. The highest BCUT2D eigenvalue weighted by molar-refractivity contribution is 9.10. The van der Waals surface area contributed by atoms with Crippen LogP contribution in [0.25, 0.3) is 0 Å². The van der Waals surface area contributed by atoms with Gasteiger partial charge in [0.15, 0.2) is 5.17 Å². The van der Waals surface area contributed by atoms with Crippen molar-refractivity contribution in [3.63, 3.8) is 0 Å². The molecule has 0 radical (unpaired) electrons. The van der Waals surface area contributed by atoms with Crippen LogP contribution in [-0.2, 0) is 11.3 Å². The molecule has 2 aromatic carbocycles. The Labute approximate surface area is 166 Å². The first-order chi connectivity index (χ1) is 12.6. The van der Waals surface area contributed by atoms with Gasteiger partial charge in [-0.25, -0.2) is 0 Å². The molecule has 1 aliphatic heterocycles. The first-order valence-corrected chi connectivity index (χ1v) is 10.1. The van der Waals surface area contributed by atoms with Crippen LogP contribution in [-0.4, -0.2) is 27.4 Å². The molecule has 0 bridgehead atoms. The van der Waals surface area contributed by atoms with E-state index in [0.29, 0.717) is 11.7 Å². The maximum Gasteiger partial charge on any atom is 0.242 e. The van der Waals surface area contributed by atoms with Crippen molar-refractivity contribution in [3.05, 3.63) is 69.7 Å². The fourth-order valence-corrected chi connectivity index (χ4v) is 3.93. The molecule has 0 N–H and O–H groups in total. The predicted octanol–water partition coefficient (Wildman–Crippen LogP) is 5.00. The van der Waals surface area contributed by atoms with Gasteiger partial charge >= 0.3 is 0 Å². The number of benzene rings is 2. The lowest BCUT2D eigenvalue weighted by Crippen LogP contribution is -2.31. The Kier molecular flexibility index (Phi) is 6.27. The summed E-state index contributed by atoms with van der Waals surface area (Å²) in [5.74, 6) is 0.110. The molecule has 6 heteroatoms. The number of aryl methyl sites for hydroxylation is 1. The highest BCUT2D eigenvalue weighted by Gasteiger charge is 2.37. The van der Waals surface area contributed by atoms with Crippen LogP contribution in [0.2, 0.25) is 0 Å². The summed E-state index contributed by atoms with van der Waals surface area (Å²) in [6.07, 6.45) is 2.49. The van der Waals surface area contributed by atoms with Gasteiger partial charge in [0.25, 0.3) is 0 Å². The molecule has 0 aromatic heterocycles. The van der Waals surface area contributed by atoms with E-state index in [1.807, 2.05) is 43.3 Å². The van der Waals surface area contributed by atoms with E-state index in [1.165, 1.54) is 17.3 Å². The Morgan fingerprint density at radius 1 is 1.19 bits per heavy atom. The first-order valence-electron chi connectivity index (χ1n) is 8.47. The van der Waals surface area contributed by atoms with Gasteiger partial charge in [0.05, 0.1) is 18.0 Å². The fraction of sp³-hybridized carbons (Fsp3) is 0.250. The average Bonchev–Trinajstić information content (AvgIpc) is 2.94. The average molecular weight is 430 g/mol. The highest BCUT2D eigenvalue weighted by Crippen LogP contribution is 2.31. The van der Waals surface area contributed by atoms with Crippen LogP contribution in [0.15, 0.2) is 63.2 Å². The zero-order valence-corrected chi connectivity index (χ0v) is 17.1. The van der Waals surface area contributed by atoms with Gasteiger partial charge in [0.1, 0.15) is 0 Å². The predicted molar refractivity (Wildman–Crippen MR) is 113 cm³/mol. The van der Waals surface area contributed by atoms with Gasteiger partial charge in [-0.1, -0.05) is 71.0 Å². The number of halogens is 1. The lowest BCUT2D eigenvalue weighted by atomic mass is 10.1. The molecule has 1 fully saturated rings. The van der Waals surface area contributed by atoms with Crippen LogP contribution in [0.4, 0.5) is 0 Å². The van der Waals surface area contributed by atoms with Crippen LogP contribution >= 0.6 is 27.7 Å². The van der Waals surface area contributed by atoms with E-state index in [2.05, 4.69) is 45.2 Å². The number of nitrogens with zero attached hydrogens (tertiary/aromatic N) is 3. The first kappa shape index (κ1) is 18.9. The molecule has 1 unspecified atom stereocenters. The van der Waals surface area contributed by atoms with Gasteiger partial charge in [0.2, 0.25) is 5.91 Å². The molecule has 1 heterocycles. The number of amides is 1. The van der Waals surface area contributed by atoms with Crippen LogP contribution in [0.5, 0.6) is 0 Å². The highest BCUT2D eigenvalue weighted by atomic mass is 79.9. The number of amidine groups is 1. The Hall–Kier alpha value is -1.92. The second kappa shape index (κ2) is 8.64. The van der Waals surface area contributed by atoms with Crippen molar-refractivity contribution in [1.29, 1.82) is 0 Å². The third-order valence-electron chi connectivity index (χ3n) is 4.20. The molecule has 4 nitrogen and oxygen atoms in total. The van der Waals surface area contributed by atoms with Crippen molar-refractivity contribution in [2.24, 2.45) is 10.2 Å². The topological polar surface area (TPSA) is 45.0 Å². The summed E-state index contributed by atoms with van der Waals surface area (Å²) < 4.78 is 1.02. The minimum absolute atomic E-state index is 0.0827. The summed E-state index contributed by atoms with van der Waals surface area (Å²) >= 11 is 4.91. The zero-order chi connectivity index (χ0) is 18.5. The molecule has 1 aliphatic rings. The lowest BCUT2D eigenvalue weighted by molar-refractivity contribution is -0.126. The quantitative estimate of drug-likeness (QED) is 0.495. The maximum atomic E-state index is 12.7. The largest absolute Gasteiger partial charge is 0.284 e. The van der Waals surface area contributed by atoms with E-state index in [1.54, 1.807) is 11.1 Å². The fourth-order valence-electron chi connectivity index (χ4n) is 2.64. The van der Waals surface area contributed by atoms with E-state index in [-0.39, 0.29) is 11.2 Å². The van der Waals surface area contributed by atoms with E-state index in [9.17, 15) is 4.79 Å². The number of hydrogen-bond donors (Lipinski definition) is 0. The molecular weight excluding hydrogens is 410 g/mol. The molecular formula is C20H20BrN3OS. The number of hydrogen-bond acceptors (Lipinski definition) is 4. The van der Waals surface area contributed by atoms with Crippen LogP contribution in [0.1, 0.15) is 30.0 Å². The summed E-state index contributed by atoms with van der Waals surface area (Å²) in [6.45, 7) is 4.61. The summed E-state index contributed by atoms with van der Waals surface area (Å²) in [5, 5.41) is 9.13. The van der Waals surface area contributed by atoms with Crippen molar-refractivity contribution in [3.8, 4) is 0 Å². The normalized spacial score (nSPS) is 19.0. The van der Waals surface area contributed by atoms with Gasteiger partial charge in [-0.3, -0.25) is 9.69 Å². The minimum Gasteiger partial charge on any atom is -0.284 e. The van der Waals surface area contributed by atoms with Crippen molar-refractivity contribution >= 4 is 45.0 Å². The molecule has 26 heavy (non-hydrogen) atoms. The van der Waals surface area contributed by atoms with Gasteiger partial charge in [-0.2, -0.15) is 5.10 Å². The maximum absolute atomic E-state index is 12.7. The van der Waals surface area contributed by atoms with Gasteiger partial charge < -0.3 is 0 Å². The minimum atomic E-state index is -0.0827. The molecule has 2 aromatic rings. The SMILES string of the molecule is CCC1S/C(=N\N=C\c2ccc(Br)cc2)N(Cc2ccccc2C)C1=O. The molecule has 1 amide bonds. The van der Waals surface area contributed by atoms with Crippen molar-refractivity contribution in [2.45, 2.75) is 32.1 Å². The standard InChI is InChI=1S/C20H20BrN3OS/c1-3-18-19(25)24(13-16-7-5-4-6-14(16)2)20(26-18)23-22-12-15-8-10-17(21)11-9-15/h4-12,18H,3,13H2,1-2H3/b22-12+,23-20-. The second-order valence-corrected chi connectivity index (χ2v) is 8.13. The summed E-state index contributed by atoms with van der Waals surface area (Å²) in [5.41, 5.74) is 3.26. The summed E-state index contributed by atoms with van der Waals surface area (Å²) in [4.78, 5) is 14.5. The lowest BCUT2D eigenvalue weighted by Gasteiger charge is -2.17. The molecule has 0 spiro atoms. The number of rotatable bonds is 5. The van der Waals surface area contributed by atoms with E-state index < -0.39 is 0 Å². The van der Waals surface area contributed by atoms with Crippen molar-refractivity contribution < 1.29 is 4.79 Å². The smallest absolute Gasteiger partial charge is 0.242 e. The molecule has 1 atom stereocenters. The van der Waals surface area contributed by atoms with Gasteiger partial charge in [-0.15, -0.1) is 5.10 Å². The van der Waals surface area contributed by atoms with Crippen molar-refractivity contribution in [2.75, 3.05) is 0 Å². The summed E-state index contributed by atoms with van der Waals surface area (Å²) in [6, 6.07) is 15.9. The zero-order valence-electron chi connectivity index (χ0n) is 14.7. The van der Waals surface area contributed by atoms with E-state index in [0.717, 1.165) is 22.0 Å². The molecule has 0 saturated carbocycles. The number of carbonyl (C=O) groups excluding carboxylic acids is 1. The van der Waals surface area contributed by atoms with Crippen LogP contribution < -0.4 is 0 Å². The van der Waals surface area contributed by atoms with E-state index in [4.69, 9.17) is 0 Å². The second-order valence-electron chi connectivity index (χ2n) is 6.04. The molecule has 134 valence electrons. The van der Waals surface area contributed by atoms with Crippen LogP contribution in [0, 0.1) is 6.92 Å². The third-order valence-corrected chi connectivity index (χ3v) is 6.06. The molecule has 3 rings (SSSR count). The van der Waals surface area contributed by atoms with E-state index >= 15 is 0 Å². The Bertz CT molecular complexity index is 848. The van der Waals surface area contributed by atoms with Crippen molar-refractivity contribution in [1.82, 2.24) is 4.90 Å². The Morgan fingerprint density at radius 3 is 2.62 bits per heavy atom. The Morgan fingerprint density at radius 2 is 1.92 bits per heavy atom. The van der Waals surface area contributed by atoms with Gasteiger partial charge in [0, 0.05) is 4.47 Å². The monoisotopic (exact) mass is 429 g/mol. The number of thioether (sulfide) groups is 1. The summed E-state index contributed by atoms with van der Waals surface area (Å²) in [7, 11) is 0. The Balaban J connectivity index is 1.81. The van der Waals surface area contributed by atoms with Gasteiger partial charge in [-0.05, 0) is 42.2 Å². The molecule has 0 aliphatic carbocycles. The third kappa shape index (κ3) is 4.43.